The molecule has 0 aliphatic heterocycles. The SMILES string of the molecule is CCC(CCCCC/C=C\CCCCCCCCC1CC[C@@]2(C)C(=CCC3C2CC[C@@]2(C)C3CC[C@@H]2[C@H](C)CCCC(C)C)C1)OC(=O)O. The van der Waals surface area contributed by atoms with Crippen LogP contribution in [0, 0.1) is 52.3 Å². The standard InChI is InChI=1S/C46H80O3/c1-7-39(49-44(47)48)25-20-18-16-14-12-10-8-9-11-13-15-17-19-24-37-30-32-45(5)38(34-37)26-27-40-42-29-28-41(36(4)23-21-22-35(2)3)46(42,6)33-31-43(40)45/h10,12,26,35-37,39-43H,7-9,11,13-25,27-34H2,1-6H3,(H,47,48)/b12-10-/t36-,37?,39?,40?,41-,42?,43?,45+,46-/m1/s1. The number of carboxylic acid groups (broad SMARTS) is 1. The molecule has 3 heteroatoms. The summed E-state index contributed by atoms with van der Waals surface area (Å²) in [5.74, 6) is 6.59. The van der Waals surface area contributed by atoms with Gasteiger partial charge in [0.05, 0.1) is 0 Å². The Hall–Kier alpha value is -1.25. The van der Waals surface area contributed by atoms with Gasteiger partial charge in [-0.2, -0.15) is 0 Å². The van der Waals surface area contributed by atoms with E-state index in [1.807, 2.05) is 12.5 Å². The molecule has 3 saturated carbocycles. The smallest absolute Gasteiger partial charge is 0.450 e. The summed E-state index contributed by atoms with van der Waals surface area (Å²) in [7, 11) is 0. The van der Waals surface area contributed by atoms with Crippen molar-refractivity contribution >= 4 is 6.16 Å². The summed E-state index contributed by atoms with van der Waals surface area (Å²) in [5.41, 5.74) is 3.01. The van der Waals surface area contributed by atoms with Gasteiger partial charge >= 0.3 is 6.16 Å². The van der Waals surface area contributed by atoms with Crippen LogP contribution in [0.3, 0.4) is 0 Å². The molecule has 0 amide bonds. The van der Waals surface area contributed by atoms with Crippen molar-refractivity contribution in [3.63, 3.8) is 0 Å². The molecule has 4 aliphatic carbocycles. The second kappa shape index (κ2) is 20.1. The van der Waals surface area contributed by atoms with Crippen molar-refractivity contribution in [2.45, 2.75) is 208 Å². The van der Waals surface area contributed by atoms with Crippen LogP contribution >= 0.6 is 0 Å². The van der Waals surface area contributed by atoms with Crippen molar-refractivity contribution in [1.82, 2.24) is 0 Å². The molecular weight excluding hydrogens is 601 g/mol. The van der Waals surface area contributed by atoms with Crippen LogP contribution in [0.2, 0.25) is 0 Å². The minimum absolute atomic E-state index is 0.133. The predicted molar refractivity (Wildman–Crippen MR) is 209 cm³/mol. The van der Waals surface area contributed by atoms with Crippen molar-refractivity contribution in [2.75, 3.05) is 0 Å². The molecule has 0 bridgehead atoms. The Kier molecular flexibility index (Phi) is 16.6. The van der Waals surface area contributed by atoms with E-state index in [-0.39, 0.29) is 6.10 Å². The fraction of sp³-hybridized carbons (Fsp3) is 0.891. The quantitative estimate of drug-likeness (QED) is 0.0703. The largest absolute Gasteiger partial charge is 0.506 e. The van der Waals surface area contributed by atoms with Crippen molar-refractivity contribution < 1.29 is 14.6 Å². The zero-order valence-electron chi connectivity index (χ0n) is 33.3. The van der Waals surface area contributed by atoms with Crippen LogP contribution in [0.4, 0.5) is 4.79 Å². The van der Waals surface area contributed by atoms with Crippen molar-refractivity contribution in [1.29, 1.82) is 0 Å². The minimum atomic E-state index is -1.14. The number of rotatable bonds is 22. The number of ether oxygens (including phenoxy) is 1. The molecule has 0 saturated heterocycles. The molecule has 4 aliphatic rings. The van der Waals surface area contributed by atoms with E-state index in [9.17, 15) is 4.79 Å². The van der Waals surface area contributed by atoms with E-state index in [1.54, 1.807) is 0 Å². The number of fused-ring (bicyclic) bond motifs is 5. The second-order valence-corrected chi connectivity index (χ2v) is 18.6. The van der Waals surface area contributed by atoms with Crippen molar-refractivity contribution in [2.24, 2.45) is 52.3 Å². The van der Waals surface area contributed by atoms with E-state index in [0.717, 1.165) is 73.5 Å². The van der Waals surface area contributed by atoms with Gasteiger partial charge in [-0.3, -0.25) is 0 Å². The van der Waals surface area contributed by atoms with Gasteiger partial charge in [0.25, 0.3) is 0 Å². The molecule has 0 aromatic heterocycles. The third kappa shape index (κ3) is 11.4. The zero-order chi connectivity index (χ0) is 35.3. The summed E-state index contributed by atoms with van der Waals surface area (Å²) >= 11 is 0. The fourth-order valence-corrected chi connectivity index (χ4v) is 11.9. The van der Waals surface area contributed by atoms with E-state index < -0.39 is 6.16 Å². The lowest BCUT2D eigenvalue weighted by Gasteiger charge is -2.58. The molecule has 3 nitrogen and oxygen atoms in total. The molecule has 0 aromatic carbocycles. The average molecular weight is 681 g/mol. The van der Waals surface area contributed by atoms with Gasteiger partial charge in [0.2, 0.25) is 0 Å². The third-order valence-electron chi connectivity index (χ3n) is 14.9. The lowest BCUT2D eigenvalue weighted by atomic mass is 9.46. The summed E-state index contributed by atoms with van der Waals surface area (Å²) in [6.07, 6.45) is 39.7. The van der Waals surface area contributed by atoms with Gasteiger partial charge in [0.1, 0.15) is 6.10 Å². The Morgan fingerprint density at radius 3 is 2.22 bits per heavy atom. The van der Waals surface area contributed by atoms with Crippen LogP contribution in [-0.4, -0.2) is 17.4 Å². The molecule has 0 aromatic rings. The van der Waals surface area contributed by atoms with Gasteiger partial charge in [-0.15, -0.1) is 0 Å². The Morgan fingerprint density at radius 2 is 1.53 bits per heavy atom. The molecular formula is C46H80O3. The minimum Gasteiger partial charge on any atom is -0.450 e. The number of unbranched alkanes of at least 4 members (excludes halogenated alkanes) is 9. The van der Waals surface area contributed by atoms with Gasteiger partial charge in [0, 0.05) is 0 Å². The van der Waals surface area contributed by atoms with Gasteiger partial charge in [-0.25, -0.2) is 4.79 Å². The van der Waals surface area contributed by atoms with Crippen LogP contribution < -0.4 is 0 Å². The van der Waals surface area contributed by atoms with E-state index in [1.165, 1.54) is 128 Å². The van der Waals surface area contributed by atoms with Crippen LogP contribution in [0.15, 0.2) is 23.8 Å². The maximum Gasteiger partial charge on any atom is 0.506 e. The Bertz CT molecular complexity index is 1030. The molecule has 0 radical (unpaired) electrons. The number of hydrogen-bond donors (Lipinski definition) is 1. The Balaban J connectivity index is 1.06. The van der Waals surface area contributed by atoms with Crippen molar-refractivity contribution in [3.05, 3.63) is 23.8 Å². The van der Waals surface area contributed by atoms with Gasteiger partial charge in [-0.05, 0) is 149 Å². The van der Waals surface area contributed by atoms with Crippen LogP contribution in [-0.2, 0) is 4.74 Å². The molecule has 0 spiro atoms. The predicted octanol–water partition coefficient (Wildman–Crippen LogP) is 14.7. The van der Waals surface area contributed by atoms with E-state index >= 15 is 0 Å². The van der Waals surface area contributed by atoms with Gasteiger partial charge in [0.15, 0.2) is 0 Å². The van der Waals surface area contributed by atoms with Crippen LogP contribution in [0.1, 0.15) is 202 Å². The highest BCUT2D eigenvalue weighted by molar-refractivity contribution is 5.57. The van der Waals surface area contributed by atoms with Crippen LogP contribution in [0.5, 0.6) is 0 Å². The number of hydrogen-bond acceptors (Lipinski definition) is 2. The summed E-state index contributed by atoms with van der Waals surface area (Å²) < 4.78 is 4.91. The Morgan fingerprint density at radius 1 is 0.837 bits per heavy atom. The van der Waals surface area contributed by atoms with Crippen molar-refractivity contribution in [3.8, 4) is 0 Å². The molecule has 0 heterocycles. The third-order valence-corrected chi connectivity index (χ3v) is 14.9. The van der Waals surface area contributed by atoms with E-state index in [4.69, 9.17) is 9.84 Å². The fourth-order valence-electron chi connectivity index (χ4n) is 11.9. The first-order valence-corrected chi connectivity index (χ1v) is 21.8. The molecule has 3 fully saturated rings. The average Bonchev–Trinajstić information content (AvgIpc) is 3.43. The number of carbonyl (C=O) groups is 1. The summed E-state index contributed by atoms with van der Waals surface area (Å²) in [5, 5.41) is 8.77. The topological polar surface area (TPSA) is 46.5 Å². The first-order valence-electron chi connectivity index (χ1n) is 21.8. The first kappa shape index (κ1) is 40.5. The summed E-state index contributed by atoms with van der Waals surface area (Å²) in [6, 6.07) is 0. The first-order chi connectivity index (χ1) is 23.6. The van der Waals surface area contributed by atoms with E-state index in [2.05, 4.69) is 52.8 Å². The lowest BCUT2D eigenvalue weighted by molar-refractivity contribution is -0.0529. The lowest BCUT2D eigenvalue weighted by Crippen LogP contribution is -2.50. The van der Waals surface area contributed by atoms with Gasteiger partial charge in [-0.1, -0.05) is 130 Å². The maximum absolute atomic E-state index is 10.7. The van der Waals surface area contributed by atoms with Crippen LogP contribution in [0.25, 0.3) is 0 Å². The van der Waals surface area contributed by atoms with Gasteiger partial charge < -0.3 is 9.84 Å². The normalized spacial score (nSPS) is 32.4. The summed E-state index contributed by atoms with van der Waals surface area (Å²) in [4.78, 5) is 10.7. The highest BCUT2D eigenvalue weighted by Gasteiger charge is 2.59. The monoisotopic (exact) mass is 681 g/mol. The number of allylic oxidation sites excluding steroid dienone is 4. The zero-order valence-corrected chi connectivity index (χ0v) is 33.3. The molecule has 1 N–H and O–H groups in total. The molecule has 5 unspecified atom stereocenters. The summed E-state index contributed by atoms with van der Waals surface area (Å²) in [6.45, 7) is 14.9. The molecule has 4 rings (SSSR count). The van der Waals surface area contributed by atoms with E-state index in [0.29, 0.717) is 10.8 Å². The highest BCUT2D eigenvalue weighted by Crippen LogP contribution is 2.67. The Labute approximate surface area is 304 Å². The molecule has 282 valence electrons. The maximum atomic E-state index is 10.7. The second-order valence-electron chi connectivity index (χ2n) is 18.6. The molecule has 9 atom stereocenters. The highest BCUT2D eigenvalue weighted by atomic mass is 16.7. The molecule has 49 heavy (non-hydrogen) atoms.